The third-order valence-electron chi connectivity index (χ3n) is 7.54. The highest BCUT2D eigenvalue weighted by Gasteiger charge is 2.18. The molecule has 40 heavy (non-hydrogen) atoms. The predicted octanol–water partition coefficient (Wildman–Crippen LogP) is 8.05. The smallest absolute Gasteiger partial charge is 0.225 e. The van der Waals surface area contributed by atoms with Gasteiger partial charge in [-0.15, -0.1) is 0 Å². The van der Waals surface area contributed by atoms with Crippen LogP contribution < -0.4 is 0 Å². The second kappa shape index (κ2) is 8.78. The number of benzene rings is 4. The van der Waals surface area contributed by atoms with Gasteiger partial charge in [0.15, 0.2) is 0 Å². The van der Waals surface area contributed by atoms with Crippen molar-refractivity contribution < 1.29 is 4.42 Å². The number of aromatic nitrogens is 5. The third-order valence-corrected chi connectivity index (χ3v) is 7.54. The quantitative estimate of drug-likeness (QED) is 0.237. The van der Waals surface area contributed by atoms with Crippen molar-refractivity contribution in [1.82, 2.24) is 24.1 Å². The van der Waals surface area contributed by atoms with Crippen molar-refractivity contribution in [2.24, 2.45) is 7.05 Å². The number of pyridine rings is 1. The van der Waals surface area contributed by atoms with Gasteiger partial charge in [0.05, 0.1) is 34.0 Å². The first-order chi connectivity index (χ1) is 19.7. The first-order valence-electron chi connectivity index (χ1n) is 13.2. The summed E-state index contributed by atoms with van der Waals surface area (Å²) in [4.78, 5) is 14.0. The van der Waals surface area contributed by atoms with Crippen LogP contribution in [0, 0.1) is 0 Å². The van der Waals surface area contributed by atoms with E-state index in [9.17, 15) is 0 Å². The summed E-state index contributed by atoms with van der Waals surface area (Å²) in [6, 6.07) is 35.7. The first-order valence-corrected chi connectivity index (χ1v) is 13.2. The molecule has 0 atom stereocenters. The maximum atomic E-state index is 5.72. The van der Waals surface area contributed by atoms with Crippen LogP contribution in [-0.2, 0) is 7.05 Å². The topological polar surface area (TPSA) is 61.7 Å². The maximum absolute atomic E-state index is 5.72. The summed E-state index contributed by atoms with van der Waals surface area (Å²) in [6.07, 6.45) is 5.09. The zero-order chi connectivity index (χ0) is 26.6. The fourth-order valence-electron chi connectivity index (χ4n) is 5.70. The van der Waals surface area contributed by atoms with Crippen LogP contribution >= 0.6 is 0 Å². The Labute approximate surface area is 229 Å². The van der Waals surface area contributed by atoms with Gasteiger partial charge in [-0.05, 0) is 54.6 Å². The van der Waals surface area contributed by atoms with E-state index in [1.165, 1.54) is 10.8 Å². The molecule has 0 amide bonds. The van der Waals surface area contributed by atoms with Crippen molar-refractivity contribution in [3.8, 4) is 39.8 Å². The van der Waals surface area contributed by atoms with Crippen molar-refractivity contribution in [1.29, 1.82) is 0 Å². The van der Waals surface area contributed by atoms with Crippen LogP contribution in [-0.4, -0.2) is 24.1 Å². The van der Waals surface area contributed by atoms with Crippen LogP contribution in [0.25, 0.3) is 72.6 Å². The van der Waals surface area contributed by atoms with Crippen LogP contribution in [0.15, 0.2) is 126 Å². The lowest BCUT2D eigenvalue weighted by atomic mass is 10.1. The van der Waals surface area contributed by atoms with Gasteiger partial charge in [-0.2, -0.15) is 0 Å². The molecule has 4 aromatic carbocycles. The maximum Gasteiger partial charge on any atom is 0.225 e. The van der Waals surface area contributed by atoms with E-state index in [2.05, 4.69) is 105 Å². The molecule has 0 fully saturated rings. The second-order valence-corrected chi connectivity index (χ2v) is 9.89. The molecule has 0 bridgehead atoms. The fraction of sp³-hybridized carbons (Fsp3) is 0.0294. The molecule has 6 nitrogen and oxygen atoms in total. The number of hydrogen-bond acceptors (Lipinski definition) is 4. The second-order valence-electron chi connectivity index (χ2n) is 9.89. The Balaban J connectivity index is 1.42. The molecule has 190 valence electrons. The highest BCUT2D eigenvalue weighted by atomic mass is 16.3. The van der Waals surface area contributed by atoms with Crippen molar-refractivity contribution in [3.05, 3.63) is 122 Å². The zero-order valence-corrected chi connectivity index (χ0v) is 21.7. The Kier molecular flexibility index (Phi) is 4.94. The van der Waals surface area contributed by atoms with Crippen LogP contribution in [0.4, 0.5) is 0 Å². The molecule has 0 spiro atoms. The number of hydrogen-bond donors (Lipinski definition) is 0. The molecule has 0 aliphatic heterocycles. The van der Waals surface area contributed by atoms with Crippen LogP contribution in [0.5, 0.6) is 0 Å². The molecule has 0 saturated carbocycles. The molecule has 0 aliphatic carbocycles. The van der Waals surface area contributed by atoms with Gasteiger partial charge in [-0.3, -0.25) is 4.98 Å². The Bertz CT molecular complexity index is 2170. The van der Waals surface area contributed by atoms with Gasteiger partial charge in [0, 0.05) is 46.4 Å². The van der Waals surface area contributed by atoms with Crippen molar-refractivity contribution in [2.45, 2.75) is 0 Å². The third kappa shape index (κ3) is 3.47. The highest BCUT2D eigenvalue weighted by molar-refractivity contribution is 6.10. The Morgan fingerprint density at radius 1 is 0.625 bits per heavy atom. The normalized spacial score (nSPS) is 11.6. The van der Waals surface area contributed by atoms with Gasteiger partial charge in [0.1, 0.15) is 12.1 Å². The molecular formula is C34H23N5O. The van der Waals surface area contributed by atoms with Gasteiger partial charge in [-0.1, -0.05) is 48.5 Å². The molecule has 6 heteroatoms. The summed E-state index contributed by atoms with van der Waals surface area (Å²) >= 11 is 0. The Morgan fingerprint density at radius 2 is 1.43 bits per heavy atom. The van der Waals surface area contributed by atoms with E-state index < -0.39 is 0 Å². The Morgan fingerprint density at radius 3 is 2.25 bits per heavy atom. The van der Waals surface area contributed by atoms with Gasteiger partial charge in [0.25, 0.3) is 0 Å². The summed E-state index contributed by atoms with van der Waals surface area (Å²) < 4.78 is 10.2. The molecular weight excluding hydrogens is 494 g/mol. The predicted molar refractivity (Wildman–Crippen MR) is 159 cm³/mol. The summed E-state index contributed by atoms with van der Waals surface area (Å²) in [5.74, 6) is 1.50. The van der Waals surface area contributed by atoms with Crippen LogP contribution in [0.3, 0.4) is 0 Å². The zero-order valence-electron chi connectivity index (χ0n) is 21.7. The van der Waals surface area contributed by atoms with E-state index in [4.69, 9.17) is 9.40 Å². The molecule has 0 aliphatic rings. The largest absolute Gasteiger partial charge is 0.445 e. The number of fused-ring (bicyclic) bond motifs is 4. The number of para-hydroxylation sites is 3. The standard InChI is InChI=1S/C34H23N5O/c1-38-31-12-5-3-10-29(31)37-33(38)22-13-14-27-26-8-2-4-11-30(26)39(32(27)21-22)25-19-23(28-9-6-7-15-35-28)18-24(20-25)34-36-16-17-40-34/h2-21H,1H3. The number of imidazole rings is 1. The van der Waals surface area contributed by atoms with E-state index in [0.29, 0.717) is 5.89 Å². The SMILES string of the molecule is Cn1c(-c2ccc3c4ccccc4n(-c4cc(-c5ccccn5)cc(-c5ncco5)c4)c3c2)nc2ccccc21. The number of oxazole rings is 1. The van der Waals surface area contributed by atoms with E-state index >= 15 is 0 Å². The molecule has 0 N–H and O–H groups in total. The average molecular weight is 518 g/mol. The summed E-state index contributed by atoms with van der Waals surface area (Å²) in [7, 11) is 2.07. The van der Waals surface area contributed by atoms with Crippen molar-refractivity contribution in [3.63, 3.8) is 0 Å². The molecule has 0 unspecified atom stereocenters. The van der Waals surface area contributed by atoms with Crippen molar-refractivity contribution >= 4 is 32.8 Å². The minimum Gasteiger partial charge on any atom is -0.445 e. The monoisotopic (exact) mass is 517 g/mol. The molecule has 0 radical (unpaired) electrons. The summed E-state index contributed by atoms with van der Waals surface area (Å²) in [5.41, 5.74) is 9.14. The van der Waals surface area contributed by atoms with E-state index in [0.717, 1.165) is 56.0 Å². The fourth-order valence-corrected chi connectivity index (χ4v) is 5.70. The summed E-state index contributed by atoms with van der Waals surface area (Å²) in [5, 5.41) is 2.37. The van der Waals surface area contributed by atoms with E-state index in [1.807, 2.05) is 30.5 Å². The molecule has 8 aromatic rings. The van der Waals surface area contributed by atoms with Crippen LogP contribution in [0.1, 0.15) is 0 Å². The van der Waals surface area contributed by atoms with Gasteiger partial charge in [0.2, 0.25) is 5.89 Å². The average Bonchev–Trinajstić information content (AvgIpc) is 3.74. The van der Waals surface area contributed by atoms with Gasteiger partial charge in [-0.25, -0.2) is 9.97 Å². The Hall–Kier alpha value is -5.49. The lowest BCUT2D eigenvalue weighted by Gasteiger charge is -2.13. The van der Waals surface area contributed by atoms with Crippen molar-refractivity contribution in [2.75, 3.05) is 0 Å². The lowest BCUT2D eigenvalue weighted by Crippen LogP contribution is -1.97. The van der Waals surface area contributed by atoms with Crippen LogP contribution in [0.2, 0.25) is 0 Å². The number of nitrogens with zero attached hydrogens (tertiary/aromatic N) is 5. The molecule has 4 heterocycles. The molecule has 8 rings (SSSR count). The van der Waals surface area contributed by atoms with Gasteiger partial charge < -0.3 is 13.6 Å². The van der Waals surface area contributed by atoms with E-state index in [-0.39, 0.29) is 0 Å². The molecule has 4 aromatic heterocycles. The van der Waals surface area contributed by atoms with Gasteiger partial charge >= 0.3 is 0 Å². The summed E-state index contributed by atoms with van der Waals surface area (Å²) in [6.45, 7) is 0. The van der Waals surface area contributed by atoms with E-state index in [1.54, 1.807) is 12.5 Å². The minimum atomic E-state index is 0.570. The molecule has 0 saturated heterocycles. The minimum absolute atomic E-state index is 0.570. The number of rotatable bonds is 4. The number of aryl methyl sites for hydroxylation is 1. The lowest BCUT2D eigenvalue weighted by molar-refractivity contribution is 0.574. The highest BCUT2D eigenvalue weighted by Crippen LogP contribution is 2.37. The first kappa shape index (κ1) is 22.5.